The van der Waals surface area contributed by atoms with Gasteiger partial charge < -0.3 is 6.15 Å². The average Bonchev–Trinajstić information content (AvgIpc) is 2.21. The Bertz CT molecular complexity index is 102. The van der Waals surface area contributed by atoms with Crippen molar-refractivity contribution in [2.75, 3.05) is 0 Å². The summed E-state index contributed by atoms with van der Waals surface area (Å²) >= 11 is 0. The number of hydrogen-bond donors (Lipinski definition) is 1. The van der Waals surface area contributed by atoms with Crippen molar-refractivity contribution in [1.82, 2.24) is 6.15 Å². The Morgan fingerprint density at radius 2 is 1.20 bits per heavy atom. The Morgan fingerprint density at radius 1 is 0.733 bits per heavy atom. The second-order valence-corrected chi connectivity index (χ2v) is 4.78. The van der Waals surface area contributed by atoms with Gasteiger partial charge >= 0.3 is 0 Å². The minimum absolute atomic E-state index is 0. The third-order valence-electron chi connectivity index (χ3n) is 3.25. The molecule has 94 valence electrons. The molecule has 3 N–H and O–H groups in total. The van der Waals surface area contributed by atoms with E-state index < -0.39 is 0 Å². The number of rotatable bonds is 10. The molecule has 0 bridgehead atoms. The summed E-state index contributed by atoms with van der Waals surface area (Å²) in [7, 11) is 0. The fourth-order valence-electron chi connectivity index (χ4n) is 1.83. The van der Waals surface area contributed by atoms with Crippen molar-refractivity contribution in [3.63, 3.8) is 0 Å². The van der Waals surface area contributed by atoms with Crippen LogP contribution in [0, 0.1) is 5.92 Å². The Hall–Kier alpha value is -0.0400. The molecule has 0 aromatic rings. The first-order valence-electron chi connectivity index (χ1n) is 6.81. The average molecular weight is 215 g/mol. The molecular weight excluding hydrogens is 182 g/mol. The fraction of sp³-hybridized carbons (Fsp3) is 1.00. The molecule has 1 unspecified atom stereocenters. The molecule has 1 heteroatoms. The molecule has 0 spiro atoms. The first kappa shape index (κ1) is 17.4. The highest BCUT2D eigenvalue weighted by Gasteiger charge is 1.97. The minimum Gasteiger partial charge on any atom is -0.344 e. The van der Waals surface area contributed by atoms with Crippen LogP contribution in [0.1, 0.15) is 85.0 Å². The fourth-order valence-corrected chi connectivity index (χ4v) is 1.83. The molecule has 0 aliphatic rings. The second kappa shape index (κ2) is 14.0. The van der Waals surface area contributed by atoms with Gasteiger partial charge in [0.25, 0.3) is 0 Å². The molecule has 0 heterocycles. The van der Waals surface area contributed by atoms with E-state index in [0.29, 0.717) is 0 Å². The summed E-state index contributed by atoms with van der Waals surface area (Å²) in [6.45, 7) is 6.96. The topological polar surface area (TPSA) is 35.0 Å². The zero-order valence-corrected chi connectivity index (χ0v) is 11.4. The van der Waals surface area contributed by atoms with Gasteiger partial charge in [0.05, 0.1) is 0 Å². The molecule has 0 radical (unpaired) electrons. The maximum Gasteiger partial charge on any atom is -0.0445 e. The van der Waals surface area contributed by atoms with Crippen LogP contribution in [-0.2, 0) is 0 Å². The first-order chi connectivity index (χ1) is 6.81. The van der Waals surface area contributed by atoms with Gasteiger partial charge in [0.15, 0.2) is 0 Å². The summed E-state index contributed by atoms with van der Waals surface area (Å²) in [6, 6.07) is 0. The van der Waals surface area contributed by atoms with E-state index in [-0.39, 0.29) is 6.15 Å². The van der Waals surface area contributed by atoms with Crippen LogP contribution in [-0.4, -0.2) is 0 Å². The highest BCUT2D eigenvalue weighted by molar-refractivity contribution is 4.51. The van der Waals surface area contributed by atoms with Crippen LogP contribution < -0.4 is 6.15 Å². The van der Waals surface area contributed by atoms with Crippen molar-refractivity contribution < 1.29 is 0 Å². The van der Waals surface area contributed by atoms with Crippen LogP contribution in [0.3, 0.4) is 0 Å². The van der Waals surface area contributed by atoms with E-state index in [4.69, 9.17) is 0 Å². The molecule has 0 aromatic heterocycles. The van der Waals surface area contributed by atoms with Crippen LogP contribution in [0.25, 0.3) is 0 Å². The summed E-state index contributed by atoms with van der Waals surface area (Å²) in [6.07, 6.45) is 14.4. The predicted molar refractivity (Wildman–Crippen MR) is 71.7 cm³/mol. The molecule has 0 saturated heterocycles. The molecule has 0 aliphatic carbocycles. The van der Waals surface area contributed by atoms with Crippen molar-refractivity contribution in [3.8, 4) is 0 Å². The van der Waals surface area contributed by atoms with E-state index >= 15 is 0 Å². The summed E-state index contributed by atoms with van der Waals surface area (Å²) in [5.41, 5.74) is 0. The molecule has 0 fully saturated rings. The van der Waals surface area contributed by atoms with E-state index in [9.17, 15) is 0 Å². The summed E-state index contributed by atoms with van der Waals surface area (Å²) in [5.74, 6) is 0.954. The quantitative estimate of drug-likeness (QED) is 0.464. The van der Waals surface area contributed by atoms with Crippen molar-refractivity contribution in [2.45, 2.75) is 85.0 Å². The van der Waals surface area contributed by atoms with Gasteiger partial charge in [-0.3, -0.25) is 0 Å². The third kappa shape index (κ3) is 14.0. The van der Waals surface area contributed by atoms with Gasteiger partial charge in [0.2, 0.25) is 0 Å². The van der Waals surface area contributed by atoms with Gasteiger partial charge in [0.1, 0.15) is 0 Å². The third-order valence-corrected chi connectivity index (χ3v) is 3.25. The monoisotopic (exact) mass is 215 g/mol. The normalized spacial score (nSPS) is 12.2. The smallest absolute Gasteiger partial charge is 0.0445 e. The Balaban J connectivity index is 0. The molecule has 0 amide bonds. The lowest BCUT2D eigenvalue weighted by atomic mass is 10.00. The zero-order chi connectivity index (χ0) is 10.6. The summed E-state index contributed by atoms with van der Waals surface area (Å²) in [5, 5.41) is 0. The van der Waals surface area contributed by atoms with Crippen LogP contribution in [0.15, 0.2) is 0 Å². The zero-order valence-electron chi connectivity index (χ0n) is 11.4. The molecule has 1 atom stereocenters. The van der Waals surface area contributed by atoms with Gasteiger partial charge in [0, 0.05) is 0 Å². The molecule has 1 nitrogen and oxygen atoms in total. The lowest BCUT2D eigenvalue weighted by molar-refractivity contribution is 0.470. The molecule has 15 heavy (non-hydrogen) atoms. The van der Waals surface area contributed by atoms with Crippen LogP contribution in [0.4, 0.5) is 0 Å². The van der Waals surface area contributed by atoms with E-state index in [1.165, 1.54) is 64.2 Å². The van der Waals surface area contributed by atoms with Crippen LogP contribution in [0.2, 0.25) is 0 Å². The Labute approximate surface area is 97.6 Å². The van der Waals surface area contributed by atoms with Crippen LogP contribution in [0.5, 0.6) is 0 Å². The van der Waals surface area contributed by atoms with Gasteiger partial charge in [-0.05, 0) is 5.92 Å². The van der Waals surface area contributed by atoms with Gasteiger partial charge in [-0.1, -0.05) is 85.0 Å². The van der Waals surface area contributed by atoms with E-state index in [2.05, 4.69) is 20.8 Å². The van der Waals surface area contributed by atoms with Gasteiger partial charge in [-0.15, -0.1) is 0 Å². The van der Waals surface area contributed by atoms with E-state index in [1.807, 2.05) is 0 Å². The molecule has 0 aromatic carbocycles. The standard InChI is InChI=1S/C14H30.H3N/c1-4-6-7-8-9-10-11-12-13-14(3)5-2;/h14H,4-13H2,1-3H3;1H3. The predicted octanol–water partition coefficient (Wildman–Crippen LogP) is 5.73. The maximum absolute atomic E-state index is 2.38. The van der Waals surface area contributed by atoms with Crippen molar-refractivity contribution >= 4 is 0 Å². The molecule has 0 saturated carbocycles. The second-order valence-electron chi connectivity index (χ2n) is 4.78. The van der Waals surface area contributed by atoms with E-state index in [0.717, 1.165) is 5.92 Å². The van der Waals surface area contributed by atoms with Crippen molar-refractivity contribution in [1.29, 1.82) is 0 Å². The Kier molecular flexibility index (Phi) is 16.2. The first-order valence-corrected chi connectivity index (χ1v) is 6.81. The minimum atomic E-state index is 0. The molecular formula is C14H33N. The Morgan fingerprint density at radius 3 is 1.67 bits per heavy atom. The van der Waals surface area contributed by atoms with Crippen molar-refractivity contribution in [3.05, 3.63) is 0 Å². The molecule has 0 aliphatic heterocycles. The lowest BCUT2D eigenvalue weighted by Gasteiger charge is -2.07. The number of unbranched alkanes of at least 4 members (excludes halogenated alkanes) is 7. The van der Waals surface area contributed by atoms with E-state index in [1.54, 1.807) is 0 Å². The number of hydrogen-bond acceptors (Lipinski definition) is 1. The van der Waals surface area contributed by atoms with Crippen LogP contribution >= 0.6 is 0 Å². The lowest BCUT2D eigenvalue weighted by Crippen LogP contribution is -1.91. The molecule has 0 rings (SSSR count). The summed E-state index contributed by atoms with van der Waals surface area (Å²) in [4.78, 5) is 0. The summed E-state index contributed by atoms with van der Waals surface area (Å²) < 4.78 is 0. The van der Waals surface area contributed by atoms with Crippen molar-refractivity contribution in [2.24, 2.45) is 5.92 Å². The largest absolute Gasteiger partial charge is 0.344 e. The highest BCUT2D eigenvalue weighted by atomic mass is 14.0. The maximum atomic E-state index is 2.38. The van der Waals surface area contributed by atoms with Gasteiger partial charge in [-0.25, -0.2) is 0 Å². The highest BCUT2D eigenvalue weighted by Crippen LogP contribution is 2.14. The SMILES string of the molecule is CCCCCCCCCCC(C)CC.N. The van der Waals surface area contributed by atoms with Gasteiger partial charge in [-0.2, -0.15) is 0 Å².